The lowest BCUT2D eigenvalue weighted by atomic mass is 10.0. The molecule has 0 saturated carbocycles. The molecule has 0 fully saturated rings. The molecule has 0 unspecified atom stereocenters. The van der Waals surface area contributed by atoms with E-state index < -0.39 is 5.97 Å². The van der Waals surface area contributed by atoms with Crippen LogP contribution in [0.3, 0.4) is 0 Å². The van der Waals surface area contributed by atoms with Crippen molar-refractivity contribution < 1.29 is 14.3 Å². The van der Waals surface area contributed by atoms with Crippen molar-refractivity contribution >= 4 is 28.3 Å². The average molecular weight is 304 g/mol. The lowest BCUT2D eigenvalue weighted by Crippen LogP contribution is -2.18. The molecule has 1 aromatic heterocycles. The topological polar surface area (TPSA) is 68.3 Å². The van der Waals surface area contributed by atoms with Gasteiger partial charge in [-0.2, -0.15) is 0 Å². The second-order valence-electron chi connectivity index (χ2n) is 4.55. The standard InChI is InChI=1S/C15H16N2O3S/c1-9(11-7-5-4-6-8-11)13(18)17-15-16-10(2)12(21-15)14(19)20-3/h4-9H,1-3H3,(H,16,17,18)/t9-/m0/s1. The van der Waals surface area contributed by atoms with E-state index in [0.29, 0.717) is 15.7 Å². The summed E-state index contributed by atoms with van der Waals surface area (Å²) in [6, 6.07) is 9.49. The number of ether oxygens (including phenoxy) is 1. The molecule has 2 rings (SSSR count). The summed E-state index contributed by atoms with van der Waals surface area (Å²) in [5.74, 6) is -0.898. The van der Waals surface area contributed by atoms with E-state index >= 15 is 0 Å². The summed E-state index contributed by atoms with van der Waals surface area (Å²) in [4.78, 5) is 28.3. The third-order valence-electron chi connectivity index (χ3n) is 3.09. The van der Waals surface area contributed by atoms with Crippen molar-refractivity contribution in [3.05, 3.63) is 46.5 Å². The maximum absolute atomic E-state index is 12.2. The Kier molecular flexibility index (Phi) is 4.70. The van der Waals surface area contributed by atoms with E-state index in [4.69, 9.17) is 0 Å². The van der Waals surface area contributed by atoms with Crippen LogP contribution in [0.5, 0.6) is 0 Å². The van der Waals surface area contributed by atoms with Crippen LogP contribution in [0.1, 0.15) is 33.8 Å². The summed E-state index contributed by atoms with van der Waals surface area (Å²) in [6.45, 7) is 3.53. The van der Waals surface area contributed by atoms with Crippen LogP contribution >= 0.6 is 11.3 Å². The molecule has 110 valence electrons. The molecule has 0 aliphatic carbocycles. The zero-order valence-corrected chi connectivity index (χ0v) is 12.9. The molecule has 5 nitrogen and oxygen atoms in total. The number of hydrogen-bond donors (Lipinski definition) is 1. The highest BCUT2D eigenvalue weighted by molar-refractivity contribution is 7.17. The van der Waals surface area contributed by atoms with E-state index in [1.165, 1.54) is 7.11 Å². The first-order valence-corrected chi connectivity index (χ1v) is 7.26. The molecule has 0 saturated heterocycles. The lowest BCUT2D eigenvalue weighted by molar-refractivity contribution is -0.117. The smallest absolute Gasteiger partial charge is 0.350 e. The van der Waals surface area contributed by atoms with Crippen LogP contribution in [0, 0.1) is 6.92 Å². The van der Waals surface area contributed by atoms with Crippen molar-refractivity contribution in [3.8, 4) is 0 Å². The summed E-state index contributed by atoms with van der Waals surface area (Å²) >= 11 is 1.12. The van der Waals surface area contributed by atoms with Crippen molar-refractivity contribution in [2.45, 2.75) is 19.8 Å². The monoisotopic (exact) mass is 304 g/mol. The number of amides is 1. The zero-order valence-electron chi connectivity index (χ0n) is 12.0. The van der Waals surface area contributed by atoms with E-state index in [2.05, 4.69) is 15.0 Å². The Hall–Kier alpha value is -2.21. The Bertz CT molecular complexity index is 652. The molecule has 0 aliphatic rings. The summed E-state index contributed by atoms with van der Waals surface area (Å²) in [5.41, 5.74) is 1.48. The van der Waals surface area contributed by atoms with Crippen LogP contribution in [-0.4, -0.2) is 24.0 Å². The van der Waals surface area contributed by atoms with Gasteiger partial charge in [-0.05, 0) is 19.4 Å². The Balaban J connectivity index is 2.11. The first-order chi connectivity index (χ1) is 10.0. The van der Waals surface area contributed by atoms with Gasteiger partial charge in [0.2, 0.25) is 5.91 Å². The summed E-state index contributed by atoms with van der Waals surface area (Å²) < 4.78 is 4.67. The minimum absolute atomic E-state index is 0.161. The zero-order chi connectivity index (χ0) is 15.4. The molecular formula is C15H16N2O3S. The van der Waals surface area contributed by atoms with Gasteiger partial charge in [0, 0.05) is 0 Å². The first kappa shape index (κ1) is 15.2. The normalized spacial score (nSPS) is 11.8. The molecule has 2 aromatic rings. The summed E-state index contributed by atoms with van der Waals surface area (Å²) in [5, 5.41) is 3.14. The number of methoxy groups -OCH3 is 1. The number of benzene rings is 1. The molecule has 6 heteroatoms. The van der Waals surface area contributed by atoms with Gasteiger partial charge in [0.05, 0.1) is 18.7 Å². The summed E-state index contributed by atoms with van der Waals surface area (Å²) in [7, 11) is 1.32. The van der Waals surface area contributed by atoms with E-state index in [9.17, 15) is 9.59 Å². The van der Waals surface area contributed by atoms with Gasteiger partial charge in [-0.15, -0.1) is 0 Å². The van der Waals surface area contributed by atoms with Gasteiger partial charge in [0.15, 0.2) is 5.13 Å². The Morgan fingerprint density at radius 2 is 1.95 bits per heavy atom. The van der Waals surface area contributed by atoms with Gasteiger partial charge < -0.3 is 10.1 Å². The lowest BCUT2D eigenvalue weighted by Gasteiger charge is -2.10. The van der Waals surface area contributed by atoms with Crippen LogP contribution in [0.15, 0.2) is 30.3 Å². The van der Waals surface area contributed by atoms with Crippen LogP contribution in [0.4, 0.5) is 5.13 Å². The van der Waals surface area contributed by atoms with Gasteiger partial charge >= 0.3 is 5.97 Å². The molecule has 0 radical (unpaired) electrons. The number of carbonyl (C=O) groups is 2. The third kappa shape index (κ3) is 3.46. The van der Waals surface area contributed by atoms with Gasteiger partial charge in [-0.3, -0.25) is 4.79 Å². The number of nitrogens with zero attached hydrogens (tertiary/aromatic N) is 1. The fourth-order valence-corrected chi connectivity index (χ4v) is 2.73. The Morgan fingerprint density at radius 1 is 1.29 bits per heavy atom. The number of hydrogen-bond acceptors (Lipinski definition) is 5. The predicted molar refractivity (Wildman–Crippen MR) is 81.7 cm³/mol. The number of anilines is 1. The van der Waals surface area contributed by atoms with E-state index in [1.54, 1.807) is 6.92 Å². The number of rotatable bonds is 4. The second-order valence-corrected chi connectivity index (χ2v) is 5.55. The number of carbonyl (C=O) groups excluding carboxylic acids is 2. The largest absolute Gasteiger partial charge is 0.465 e. The molecule has 1 amide bonds. The Morgan fingerprint density at radius 3 is 2.57 bits per heavy atom. The number of nitrogens with one attached hydrogen (secondary N) is 1. The number of aromatic nitrogens is 1. The highest BCUT2D eigenvalue weighted by Crippen LogP contribution is 2.25. The van der Waals surface area contributed by atoms with Crippen LogP contribution in [-0.2, 0) is 9.53 Å². The Labute approximate surface area is 127 Å². The molecule has 1 heterocycles. The molecule has 0 aliphatic heterocycles. The number of aryl methyl sites for hydroxylation is 1. The molecular weight excluding hydrogens is 288 g/mol. The van der Waals surface area contributed by atoms with Crippen molar-refractivity contribution in [2.75, 3.05) is 12.4 Å². The maximum atomic E-state index is 12.2. The third-order valence-corrected chi connectivity index (χ3v) is 4.14. The highest BCUT2D eigenvalue weighted by Gasteiger charge is 2.20. The maximum Gasteiger partial charge on any atom is 0.350 e. The van der Waals surface area contributed by atoms with E-state index in [1.807, 2.05) is 37.3 Å². The van der Waals surface area contributed by atoms with Gasteiger partial charge in [-0.25, -0.2) is 9.78 Å². The van der Waals surface area contributed by atoms with Crippen LogP contribution in [0.25, 0.3) is 0 Å². The van der Waals surface area contributed by atoms with Gasteiger partial charge in [-0.1, -0.05) is 41.7 Å². The van der Waals surface area contributed by atoms with E-state index in [-0.39, 0.29) is 11.8 Å². The minimum atomic E-state index is -0.443. The average Bonchev–Trinajstić information content (AvgIpc) is 2.87. The molecule has 1 N–H and O–H groups in total. The predicted octanol–water partition coefficient (Wildman–Crippen LogP) is 2.98. The SMILES string of the molecule is COC(=O)c1sc(NC(=O)[C@@H](C)c2ccccc2)nc1C. The highest BCUT2D eigenvalue weighted by atomic mass is 32.1. The number of thiazole rings is 1. The fraction of sp³-hybridized carbons (Fsp3) is 0.267. The minimum Gasteiger partial charge on any atom is -0.465 e. The second kappa shape index (κ2) is 6.49. The van der Waals surface area contributed by atoms with Crippen LogP contribution < -0.4 is 5.32 Å². The fourth-order valence-electron chi connectivity index (χ4n) is 1.84. The van der Waals surface area contributed by atoms with E-state index in [0.717, 1.165) is 16.9 Å². The number of esters is 1. The molecule has 21 heavy (non-hydrogen) atoms. The van der Waals surface area contributed by atoms with Crippen molar-refractivity contribution in [1.82, 2.24) is 4.98 Å². The molecule has 1 aromatic carbocycles. The van der Waals surface area contributed by atoms with Crippen molar-refractivity contribution in [2.24, 2.45) is 0 Å². The summed E-state index contributed by atoms with van der Waals surface area (Å²) in [6.07, 6.45) is 0. The van der Waals surface area contributed by atoms with Gasteiger partial charge in [0.1, 0.15) is 4.88 Å². The van der Waals surface area contributed by atoms with Gasteiger partial charge in [0.25, 0.3) is 0 Å². The van der Waals surface area contributed by atoms with Crippen LogP contribution in [0.2, 0.25) is 0 Å². The molecule has 0 bridgehead atoms. The first-order valence-electron chi connectivity index (χ1n) is 6.44. The van der Waals surface area contributed by atoms with Crippen molar-refractivity contribution in [3.63, 3.8) is 0 Å². The molecule has 1 atom stereocenters. The van der Waals surface area contributed by atoms with Crippen molar-refractivity contribution in [1.29, 1.82) is 0 Å². The quantitative estimate of drug-likeness (QED) is 0.882. The molecule has 0 spiro atoms.